The van der Waals surface area contributed by atoms with Crippen LogP contribution >= 0.6 is 11.3 Å². The molecule has 2 N–H and O–H groups in total. The van der Waals surface area contributed by atoms with Gasteiger partial charge < -0.3 is 10.2 Å². The number of rotatable bonds is 8. The zero-order chi connectivity index (χ0) is 32.1. The van der Waals surface area contributed by atoms with Gasteiger partial charge in [0.25, 0.3) is 10.0 Å². The van der Waals surface area contributed by atoms with Crippen LogP contribution in [0.5, 0.6) is 0 Å². The van der Waals surface area contributed by atoms with Crippen molar-refractivity contribution in [2.24, 2.45) is 0 Å². The minimum atomic E-state index is -4.84. The second-order valence-corrected chi connectivity index (χ2v) is 16.4. The van der Waals surface area contributed by atoms with Crippen LogP contribution in [0, 0.1) is 17.5 Å². The zero-order valence-corrected chi connectivity index (χ0v) is 26.7. The Labute approximate surface area is 262 Å². The number of hydrogen-bond donors (Lipinski definition) is 2. The first kappa shape index (κ1) is 31.2. The van der Waals surface area contributed by atoms with Crippen molar-refractivity contribution in [1.82, 2.24) is 15.0 Å². The quantitative estimate of drug-likeness (QED) is 0.249. The van der Waals surface area contributed by atoms with E-state index >= 15 is 4.39 Å². The van der Waals surface area contributed by atoms with Crippen LogP contribution in [0.4, 0.5) is 29.9 Å². The average molecular weight is 679 g/mol. The topological polar surface area (TPSA) is 134 Å². The molecule has 2 aliphatic heterocycles. The van der Waals surface area contributed by atoms with Crippen LogP contribution in [0.2, 0.25) is 0 Å². The fourth-order valence-corrected chi connectivity index (χ4v) is 9.23. The van der Waals surface area contributed by atoms with E-state index < -0.39 is 47.9 Å². The summed E-state index contributed by atoms with van der Waals surface area (Å²) >= 11 is 1.29. The van der Waals surface area contributed by atoms with Crippen molar-refractivity contribution in [2.45, 2.75) is 49.6 Å². The van der Waals surface area contributed by atoms with Crippen molar-refractivity contribution in [3.8, 4) is 21.8 Å². The Kier molecular flexibility index (Phi) is 8.02. The number of nitrogens with zero attached hydrogens (tertiary/aromatic N) is 4. The average Bonchev–Trinajstić information content (AvgIpc) is 3.38. The minimum Gasteiger partial charge on any atom is -0.351 e. The summed E-state index contributed by atoms with van der Waals surface area (Å²) in [5.74, 6) is -3.20. The lowest BCUT2D eigenvalue weighted by atomic mass is 9.90. The molecule has 0 spiro atoms. The molecule has 4 aromatic rings. The lowest BCUT2D eigenvalue weighted by molar-refractivity contribution is 0.332. The molecular weight excluding hydrogens is 650 g/mol. The molecule has 4 heterocycles. The van der Waals surface area contributed by atoms with Gasteiger partial charge >= 0.3 is 0 Å². The van der Waals surface area contributed by atoms with Gasteiger partial charge in [-0.15, -0.1) is 0 Å². The maximum atomic E-state index is 16.2. The molecule has 16 heteroatoms. The van der Waals surface area contributed by atoms with Crippen molar-refractivity contribution in [3.05, 3.63) is 66.1 Å². The van der Waals surface area contributed by atoms with Crippen molar-refractivity contribution in [3.63, 3.8) is 0 Å². The summed E-state index contributed by atoms with van der Waals surface area (Å²) in [6, 6.07) is 8.12. The van der Waals surface area contributed by atoms with Crippen LogP contribution in [-0.4, -0.2) is 61.4 Å². The number of sulfone groups is 1. The SMILES string of the molecule is CC1(C)CCN1c1nc(-c2cccc(NS(=O)(=O)c3c(F)cccc3F)c2F)c(-c2ccnc(NC3CCS(=O)(=O)CC3)n2)s1. The van der Waals surface area contributed by atoms with E-state index in [9.17, 15) is 25.6 Å². The summed E-state index contributed by atoms with van der Waals surface area (Å²) in [7, 11) is -7.89. The third-order valence-electron chi connectivity index (χ3n) is 7.99. The van der Waals surface area contributed by atoms with Crippen LogP contribution in [-0.2, 0) is 19.9 Å². The molecule has 0 unspecified atom stereocenters. The smallest absolute Gasteiger partial charge is 0.267 e. The van der Waals surface area contributed by atoms with E-state index in [4.69, 9.17) is 4.98 Å². The Morgan fingerprint density at radius 3 is 2.33 bits per heavy atom. The van der Waals surface area contributed by atoms with Crippen LogP contribution in [0.1, 0.15) is 33.1 Å². The number of nitrogens with one attached hydrogen (secondary N) is 2. The molecule has 2 aliphatic rings. The van der Waals surface area contributed by atoms with E-state index in [1.165, 1.54) is 29.7 Å². The van der Waals surface area contributed by atoms with E-state index in [1.807, 2.05) is 4.72 Å². The van der Waals surface area contributed by atoms with E-state index in [1.54, 1.807) is 6.07 Å². The van der Waals surface area contributed by atoms with Gasteiger partial charge in [0.05, 0.1) is 33.5 Å². The molecule has 2 saturated heterocycles. The standard InChI is InChI=1S/C29H29F3N6O4S3/c1-29(2)12-14-38(29)28-36-24(25(43-28)22-9-13-33-27(35-22)34-17-10-15-44(39,40)16-11-17)18-5-3-8-21(23(18)32)37-45(41,42)26-19(30)6-4-7-20(26)31/h3-9,13,17,37H,10-12,14-16H2,1-2H3,(H,33,34,35). The molecule has 2 fully saturated rings. The van der Waals surface area contributed by atoms with E-state index in [2.05, 4.69) is 34.0 Å². The molecule has 0 saturated carbocycles. The highest BCUT2D eigenvalue weighted by Crippen LogP contribution is 2.45. The van der Waals surface area contributed by atoms with Crippen LogP contribution in [0.3, 0.4) is 0 Å². The van der Waals surface area contributed by atoms with Crippen LogP contribution < -0.4 is 14.9 Å². The van der Waals surface area contributed by atoms with Gasteiger partial charge in [0.15, 0.2) is 15.8 Å². The lowest BCUT2D eigenvalue weighted by Gasteiger charge is -2.48. The van der Waals surface area contributed by atoms with Crippen molar-refractivity contribution < 1.29 is 30.0 Å². The predicted octanol–water partition coefficient (Wildman–Crippen LogP) is 5.46. The number of anilines is 3. The summed E-state index contributed by atoms with van der Waals surface area (Å²) in [5, 5.41) is 3.81. The van der Waals surface area contributed by atoms with E-state index in [0.29, 0.717) is 28.5 Å². The second kappa shape index (κ2) is 11.6. The largest absolute Gasteiger partial charge is 0.351 e. The number of benzene rings is 2. The highest BCUT2D eigenvalue weighted by atomic mass is 32.2. The highest BCUT2D eigenvalue weighted by Gasteiger charge is 2.39. The zero-order valence-electron chi connectivity index (χ0n) is 24.2. The van der Waals surface area contributed by atoms with Crippen molar-refractivity contribution in [1.29, 1.82) is 0 Å². The molecule has 10 nitrogen and oxygen atoms in total. The first-order chi connectivity index (χ1) is 21.2. The van der Waals surface area contributed by atoms with Gasteiger partial charge in [-0.25, -0.2) is 45.0 Å². The number of thiazole rings is 1. The Balaban J connectivity index is 1.39. The number of hydrogen-bond acceptors (Lipinski definition) is 10. The molecule has 238 valence electrons. The van der Waals surface area contributed by atoms with E-state index in [-0.39, 0.29) is 40.3 Å². The molecule has 0 aliphatic carbocycles. The summed E-state index contributed by atoms with van der Waals surface area (Å²) in [5.41, 5.74) is -0.136. The monoisotopic (exact) mass is 678 g/mol. The van der Waals surface area contributed by atoms with Gasteiger partial charge in [0, 0.05) is 29.9 Å². The van der Waals surface area contributed by atoms with Gasteiger partial charge in [-0.05, 0) is 63.4 Å². The molecule has 45 heavy (non-hydrogen) atoms. The number of halogens is 3. The Hall–Kier alpha value is -3.76. The number of sulfonamides is 1. The molecule has 0 amide bonds. The fourth-order valence-electron chi connectivity index (χ4n) is 5.31. The maximum absolute atomic E-state index is 16.2. The first-order valence-corrected chi connectivity index (χ1v) is 18.2. The third kappa shape index (κ3) is 6.22. The van der Waals surface area contributed by atoms with E-state index in [0.717, 1.165) is 37.2 Å². The summed E-state index contributed by atoms with van der Waals surface area (Å²) in [4.78, 5) is 15.1. The normalized spacial score (nSPS) is 17.9. The van der Waals surface area contributed by atoms with Gasteiger partial charge in [-0.2, -0.15) is 0 Å². The van der Waals surface area contributed by atoms with Gasteiger partial charge in [-0.1, -0.05) is 23.5 Å². The maximum Gasteiger partial charge on any atom is 0.267 e. The number of aromatic nitrogens is 3. The van der Waals surface area contributed by atoms with Gasteiger partial charge in [0.2, 0.25) is 5.95 Å². The van der Waals surface area contributed by atoms with Crippen molar-refractivity contribution >= 4 is 48.0 Å². The molecule has 2 aromatic heterocycles. The molecular formula is C29H29F3N6O4S3. The molecule has 0 bridgehead atoms. The summed E-state index contributed by atoms with van der Waals surface area (Å²) < 4.78 is 96.4. The van der Waals surface area contributed by atoms with Crippen LogP contribution in [0.25, 0.3) is 21.8 Å². The Bertz CT molecular complexity index is 1970. The molecule has 0 atom stereocenters. The third-order valence-corrected chi connectivity index (χ3v) is 12.2. The fraction of sp³-hybridized carbons (Fsp3) is 0.345. The highest BCUT2D eigenvalue weighted by molar-refractivity contribution is 7.92. The van der Waals surface area contributed by atoms with Crippen LogP contribution in [0.15, 0.2) is 53.6 Å². The molecule has 2 aromatic carbocycles. The Morgan fingerprint density at radius 2 is 1.69 bits per heavy atom. The van der Waals surface area contributed by atoms with Gasteiger partial charge in [0.1, 0.15) is 21.5 Å². The summed E-state index contributed by atoms with van der Waals surface area (Å²) in [6.07, 6.45) is 3.29. The Morgan fingerprint density at radius 1 is 1.00 bits per heavy atom. The minimum absolute atomic E-state index is 0.0503. The molecule has 6 rings (SSSR count). The van der Waals surface area contributed by atoms with Gasteiger partial charge in [-0.3, -0.25) is 4.72 Å². The second-order valence-electron chi connectivity index (χ2n) is 11.5. The first-order valence-electron chi connectivity index (χ1n) is 14.1. The summed E-state index contributed by atoms with van der Waals surface area (Å²) in [6.45, 7) is 4.86. The molecule has 0 radical (unpaired) electrons. The lowest BCUT2D eigenvalue weighted by Crippen LogP contribution is -2.56. The predicted molar refractivity (Wildman–Crippen MR) is 167 cm³/mol. The van der Waals surface area contributed by atoms with Crippen molar-refractivity contribution in [2.75, 3.05) is 33.0 Å².